The molecule has 1 heterocycles. The van der Waals surface area contributed by atoms with E-state index in [4.69, 9.17) is 5.73 Å². The first-order valence-electron chi connectivity index (χ1n) is 5.67. The van der Waals surface area contributed by atoms with Crippen LogP contribution < -0.4 is 5.73 Å². The predicted molar refractivity (Wildman–Crippen MR) is 69.3 cm³/mol. The second kappa shape index (κ2) is 6.81. The van der Waals surface area contributed by atoms with E-state index in [1.807, 2.05) is 17.4 Å². The average molecular weight is 223 g/mol. The molecule has 0 bridgehead atoms. The first-order valence-corrected chi connectivity index (χ1v) is 6.48. The Balaban J connectivity index is 2.18. The fourth-order valence-corrected chi connectivity index (χ4v) is 2.54. The van der Waals surface area contributed by atoms with Crippen LogP contribution in [0.3, 0.4) is 0 Å². The minimum atomic E-state index is 0.243. The van der Waals surface area contributed by atoms with Crippen LogP contribution in [-0.2, 0) is 0 Å². The van der Waals surface area contributed by atoms with Crippen LogP contribution in [0.25, 0.3) is 0 Å². The van der Waals surface area contributed by atoms with Gasteiger partial charge in [-0.3, -0.25) is 0 Å². The summed E-state index contributed by atoms with van der Waals surface area (Å²) in [7, 11) is 0. The Morgan fingerprint density at radius 2 is 2.20 bits per heavy atom. The maximum Gasteiger partial charge on any atom is 0.0389 e. The highest BCUT2D eigenvalue weighted by atomic mass is 32.1. The van der Waals surface area contributed by atoms with Crippen molar-refractivity contribution >= 4 is 11.3 Å². The molecule has 84 valence electrons. The minimum Gasteiger partial charge on any atom is -0.323 e. The van der Waals surface area contributed by atoms with Gasteiger partial charge in [0.15, 0.2) is 0 Å². The molecule has 2 N–H and O–H groups in total. The SMILES string of the molecule is C=CCCCCCC(N)c1ccc(C)s1. The number of hydrogen-bond donors (Lipinski definition) is 1. The smallest absolute Gasteiger partial charge is 0.0389 e. The lowest BCUT2D eigenvalue weighted by atomic mass is 10.1. The van der Waals surface area contributed by atoms with E-state index >= 15 is 0 Å². The molecule has 1 aromatic heterocycles. The zero-order chi connectivity index (χ0) is 11.1. The van der Waals surface area contributed by atoms with Crippen LogP contribution in [0.5, 0.6) is 0 Å². The molecule has 1 nitrogen and oxygen atoms in total. The molecule has 0 aliphatic carbocycles. The Morgan fingerprint density at radius 1 is 1.40 bits per heavy atom. The van der Waals surface area contributed by atoms with Gasteiger partial charge in [-0.15, -0.1) is 17.9 Å². The summed E-state index contributed by atoms with van der Waals surface area (Å²) in [6.45, 7) is 5.85. The monoisotopic (exact) mass is 223 g/mol. The second-order valence-electron chi connectivity index (χ2n) is 3.98. The highest BCUT2D eigenvalue weighted by Crippen LogP contribution is 2.24. The van der Waals surface area contributed by atoms with Gasteiger partial charge in [0, 0.05) is 15.8 Å². The highest BCUT2D eigenvalue weighted by Gasteiger charge is 2.07. The van der Waals surface area contributed by atoms with Crippen molar-refractivity contribution in [3.8, 4) is 0 Å². The first kappa shape index (κ1) is 12.5. The van der Waals surface area contributed by atoms with E-state index in [-0.39, 0.29) is 6.04 Å². The molecule has 0 aliphatic heterocycles. The summed E-state index contributed by atoms with van der Waals surface area (Å²) in [5.74, 6) is 0. The highest BCUT2D eigenvalue weighted by molar-refractivity contribution is 7.12. The van der Waals surface area contributed by atoms with E-state index in [2.05, 4.69) is 25.6 Å². The second-order valence-corrected chi connectivity index (χ2v) is 5.30. The number of rotatable bonds is 7. The van der Waals surface area contributed by atoms with Crippen molar-refractivity contribution in [2.75, 3.05) is 0 Å². The Morgan fingerprint density at radius 3 is 2.80 bits per heavy atom. The summed E-state index contributed by atoms with van der Waals surface area (Å²) in [4.78, 5) is 2.68. The van der Waals surface area contributed by atoms with E-state index in [1.165, 1.54) is 29.0 Å². The lowest BCUT2D eigenvalue weighted by molar-refractivity contribution is 0.578. The molecule has 1 unspecified atom stereocenters. The Labute approximate surface area is 97.0 Å². The van der Waals surface area contributed by atoms with Crippen molar-refractivity contribution in [1.29, 1.82) is 0 Å². The zero-order valence-corrected chi connectivity index (χ0v) is 10.4. The molecule has 0 saturated carbocycles. The van der Waals surface area contributed by atoms with Gasteiger partial charge in [0.05, 0.1) is 0 Å². The molecule has 1 atom stereocenters. The molecule has 0 saturated heterocycles. The molecular formula is C13H21NS. The van der Waals surface area contributed by atoms with Crippen molar-refractivity contribution in [2.24, 2.45) is 5.73 Å². The summed E-state index contributed by atoms with van der Waals surface area (Å²) in [6, 6.07) is 4.55. The number of nitrogens with two attached hydrogens (primary N) is 1. The van der Waals surface area contributed by atoms with Gasteiger partial charge in [0.1, 0.15) is 0 Å². The normalized spacial score (nSPS) is 12.7. The Bertz CT molecular complexity index is 290. The molecule has 0 spiro atoms. The number of aryl methyl sites for hydroxylation is 1. The molecule has 0 aliphatic rings. The van der Waals surface area contributed by atoms with Crippen LogP contribution in [0.1, 0.15) is 47.9 Å². The zero-order valence-electron chi connectivity index (χ0n) is 9.54. The average Bonchev–Trinajstić information content (AvgIpc) is 2.64. The summed E-state index contributed by atoms with van der Waals surface area (Å²) in [5, 5.41) is 0. The van der Waals surface area contributed by atoms with Gasteiger partial charge < -0.3 is 5.73 Å². The molecule has 1 rings (SSSR count). The van der Waals surface area contributed by atoms with Crippen LogP contribution in [0.4, 0.5) is 0 Å². The molecule has 0 fully saturated rings. The van der Waals surface area contributed by atoms with Crippen molar-refractivity contribution in [2.45, 2.75) is 45.1 Å². The number of thiophene rings is 1. The number of allylic oxidation sites excluding steroid dienone is 1. The van der Waals surface area contributed by atoms with Gasteiger partial charge in [-0.05, 0) is 38.3 Å². The molecule has 0 amide bonds. The standard InChI is InChI=1S/C13H21NS/c1-3-4-5-6-7-8-12(14)13-10-9-11(2)15-13/h3,9-10,12H,1,4-8,14H2,2H3. The molecule has 0 aromatic carbocycles. The largest absolute Gasteiger partial charge is 0.323 e. The summed E-state index contributed by atoms with van der Waals surface area (Å²) in [6.07, 6.45) is 7.97. The van der Waals surface area contributed by atoms with Crippen LogP contribution in [-0.4, -0.2) is 0 Å². The van der Waals surface area contributed by atoms with Crippen LogP contribution in [0, 0.1) is 6.92 Å². The summed E-state index contributed by atoms with van der Waals surface area (Å²) in [5.41, 5.74) is 6.11. The van der Waals surface area contributed by atoms with Gasteiger partial charge in [0.25, 0.3) is 0 Å². The minimum absolute atomic E-state index is 0.243. The van der Waals surface area contributed by atoms with Crippen LogP contribution in [0.15, 0.2) is 24.8 Å². The summed E-state index contributed by atoms with van der Waals surface area (Å²) < 4.78 is 0. The lowest BCUT2D eigenvalue weighted by Crippen LogP contribution is -2.07. The molecule has 15 heavy (non-hydrogen) atoms. The lowest BCUT2D eigenvalue weighted by Gasteiger charge is -2.08. The fraction of sp³-hybridized carbons (Fsp3) is 0.538. The maximum atomic E-state index is 6.11. The molecular weight excluding hydrogens is 202 g/mol. The van der Waals surface area contributed by atoms with E-state index in [0.29, 0.717) is 0 Å². The Hall–Kier alpha value is -0.600. The Kier molecular flexibility index (Phi) is 5.66. The fourth-order valence-electron chi connectivity index (χ4n) is 1.62. The van der Waals surface area contributed by atoms with E-state index in [1.54, 1.807) is 0 Å². The van der Waals surface area contributed by atoms with Crippen LogP contribution in [0.2, 0.25) is 0 Å². The van der Waals surface area contributed by atoms with Gasteiger partial charge in [-0.2, -0.15) is 0 Å². The molecule has 2 heteroatoms. The third-order valence-electron chi connectivity index (χ3n) is 2.55. The number of unbranched alkanes of at least 4 members (excludes halogenated alkanes) is 3. The van der Waals surface area contributed by atoms with Gasteiger partial charge in [-0.25, -0.2) is 0 Å². The first-order chi connectivity index (χ1) is 7.24. The van der Waals surface area contributed by atoms with Crippen molar-refractivity contribution in [1.82, 2.24) is 0 Å². The van der Waals surface area contributed by atoms with E-state index in [9.17, 15) is 0 Å². The van der Waals surface area contributed by atoms with Crippen molar-refractivity contribution in [3.63, 3.8) is 0 Å². The summed E-state index contributed by atoms with van der Waals surface area (Å²) >= 11 is 1.82. The van der Waals surface area contributed by atoms with Gasteiger partial charge in [0.2, 0.25) is 0 Å². The maximum absolute atomic E-state index is 6.11. The number of hydrogen-bond acceptors (Lipinski definition) is 2. The third kappa shape index (κ3) is 4.63. The van der Waals surface area contributed by atoms with Crippen molar-refractivity contribution in [3.05, 3.63) is 34.5 Å². The third-order valence-corrected chi connectivity index (χ3v) is 3.68. The predicted octanol–water partition coefficient (Wildman–Crippen LogP) is 4.19. The van der Waals surface area contributed by atoms with E-state index < -0.39 is 0 Å². The molecule has 0 radical (unpaired) electrons. The van der Waals surface area contributed by atoms with Gasteiger partial charge >= 0.3 is 0 Å². The molecule has 1 aromatic rings. The topological polar surface area (TPSA) is 26.0 Å². The van der Waals surface area contributed by atoms with E-state index in [0.717, 1.165) is 12.8 Å². The van der Waals surface area contributed by atoms with Crippen LogP contribution >= 0.6 is 11.3 Å². The van der Waals surface area contributed by atoms with Gasteiger partial charge in [-0.1, -0.05) is 18.9 Å². The quantitative estimate of drug-likeness (QED) is 0.544. The van der Waals surface area contributed by atoms with Crippen molar-refractivity contribution < 1.29 is 0 Å².